The van der Waals surface area contributed by atoms with Crippen molar-refractivity contribution < 1.29 is 14.3 Å². The maximum atomic E-state index is 13.3. The SMILES string of the molecule is O=C1/C(=C/c2ccc3c(c2)OCO3)CCc2c1cnc1ccc3ccccc3c21. The summed E-state index contributed by atoms with van der Waals surface area (Å²) in [5.41, 5.74) is 4.52. The maximum absolute atomic E-state index is 13.3. The van der Waals surface area contributed by atoms with Crippen molar-refractivity contribution in [3.63, 3.8) is 0 Å². The van der Waals surface area contributed by atoms with E-state index in [2.05, 4.69) is 23.2 Å². The normalized spacial score (nSPS) is 16.6. The molecule has 6 rings (SSSR count). The third-order valence-electron chi connectivity index (χ3n) is 5.78. The van der Waals surface area contributed by atoms with E-state index in [4.69, 9.17) is 9.47 Å². The van der Waals surface area contributed by atoms with Crippen molar-refractivity contribution in [3.05, 3.63) is 83.1 Å². The van der Waals surface area contributed by atoms with Crippen molar-refractivity contribution in [2.45, 2.75) is 12.8 Å². The van der Waals surface area contributed by atoms with Gasteiger partial charge in [-0.25, -0.2) is 0 Å². The number of Topliss-reactive ketones (excluding diaryl/α,β-unsaturated/α-hetero) is 1. The molecule has 0 atom stereocenters. The van der Waals surface area contributed by atoms with Gasteiger partial charge in [0.15, 0.2) is 17.3 Å². The highest BCUT2D eigenvalue weighted by Crippen LogP contribution is 2.36. The highest BCUT2D eigenvalue weighted by atomic mass is 16.7. The summed E-state index contributed by atoms with van der Waals surface area (Å²) in [6.07, 6.45) is 5.23. The van der Waals surface area contributed by atoms with Crippen LogP contribution in [0.1, 0.15) is 27.9 Å². The molecule has 1 aliphatic heterocycles. The van der Waals surface area contributed by atoms with E-state index in [-0.39, 0.29) is 12.6 Å². The van der Waals surface area contributed by atoms with Crippen LogP contribution in [0.25, 0.3) is 27.8 Å². The third kappa shape index (κ3) is 2.53. The highest BCUT2D eigenvalue weighted by Gasteiger charge is 2.25. The van der Waals surface area contributed by atoms with E-state index in [1.54, 1.807) is 6.20 Å². The fourth-order valence-electron chi connectivity index (χ4n) is 4.37. The average Bonchev–Trinajstić information content (AvgIpc) is 3.23. The van der Waals surface area contributed by atoms with E-state index in [1.165, 1.54) is 5.39 Å². The number of hydrogen-bond donors (Lipinski definition) is 0. The molecule has 2 aliphatic rings. The number of fused-ring (bicyclic) bond motifs is 6. The molecule has 0 saturated heterocycles. The lowest BCUT2D eigenvalue weighted by atomic mass is 9.84. The quantitative estimate of drug-likeness (QED) is 0.331. The number of ether oxygens (including phenoxy) is 2. The molecule has 0 spiro atoms. The number of hydrogen-bond acceptors (Lipinski definition) is 4. The van der Waals surface area contributed by atoms with Crippen LogP contribution in [-0.4, -0.2) is 17.6 Å². The van der Waals surface area contributed by atoms with E-state index in [1.807, 2.05) is 42.5 Å². The van der Waals surface area contributed by atoms with Gasteiger partial charge < -0.3 is 9.47 Å². The van der Waals surface area contributed by atoms with Crippen molar-refractivity contribution >= 4 is 33.5 Å². The molecule has 29 heavy (non-hydrogen) atoms. The molecule has 0 amide bonds. The minimum Gasteiger partial charge on any atom is -0.454 e. The molecule has 0 bridgehead atoms. The summed E-state index contributed by atoms with van der Waals surface area (Å²) in [4.78, 5) is 17.9. The van der Waals surface area contributed by atoms with E-state index >= 15 is 0 Å². The number of nitrogens with zero attached hydrogens (tertiary/aromatic N) is 1. The lowest BCUT2D eigenvalue weighted by molar-refractivity contribution is 0.102. The van der Waals surface area contributed by atoms with Crippen LogP contribution in [0.3, 0.4) is 0 Å². The van der Waals surface area contributed by atoms with Crippen LogP contribution in [0.5, 0.6) is 11.5 Å². The topological polar surface area (TPSA) is 48.4 Å². The van der Waals surface area contributed by atoms with Gasteiger partial charge in [-0.3, -0.25) is 9.78 Å². The van der Waals surface area contributed by atoms with Crippen LogP contribution in [0, 0.1) is 0 Å². The number of ketones is 1. The van der Waals surface area contributed by atoms with Crippen LogP contribution in [0.4, 0.5) is 0 Å². The number of benzene rings is 3. The number of carbonyl (C=O) groups is 1. The monoisotopic (exact) mass is 379 g/mol. The summed E-state index contributed by atoms with van der Waals surface area (Å²) >= 11 is 0. The zero-order valence-corrected chi connectivity index (χ0v) is 15.6. The van der Waals surface area contributed by atoms with E-state index in [0.29, 0.717) is 12.0 Å². The minimum absolute atomic E-state index is 0.0613. The van der Waals surface area contributed by atoms with Crippen molar-refractivity contribution in [2.24, 2.45) is 0 Å². The largest absolute Gasteiger partial charge is 0.454 e. The van der Waals surface area contributed by atoms with Gasteiger partial charge in [0.25, 0.3) is 0 Å². The van der Waals surface area contributed by atoms with Crippen LogP contribution in [0.15, 0.2) is 66.4 Å². The molecular formula is C25H17NO3. The maximum Gasteiger partial charge on any atom is 0.231 e. The Balaban J connectivity index is 1.47. The van der Waals surface area contributed by atoms with Crippen LogP contribution >= 0.6 is 0 Å². The van der Waals surface area contributed by atoms with Crippen LogP contribution in [0.2, 0.25) is 0 Å². The number of rotatable bonds is 1. The molecule has 0 fully saturated rings. The number of aromatic nitrogens is 1. The molecule has 1 aromatic heterocycles. The molecule has 0 N–H and O–H groups in total. The van der Waals surface area contributed by atoms with Crippen molar-refractivity contribution in [1.82, 2.24) is 4.98 Å². The van der Waals surface area contributed by atoms with Gasteiger partial charge in [0.1, 0.15) is 0 Å². The van der Waals surface area contributed by atoms with Gasteiger partial charge in [0.05, 0.1) is 5.52 Å². The van der Waals surface area contributed by atoms with Crippen molar-refractivity contribution in [2.75, 3.05) is 6.79 Å². The van der Waals surface area contributed by atoms with E-state index in [9.17, 15) is 4.79 Å². The molecule has 140 valence electrons. The predicted octanol–water partition coefficient (Wildman–Crippen LogP) is 5.33. The molecule has 3 aromatic carbocycles. The second-order valence-corrected chi connectivity index (χ2v) is 7.44. The zero-order chi connectivity index (χ0) is 19.4. The van der Waals surface area contributed by atoms with Gasteiger partial charge in [-0.2, -0.15) is 0 Å². The second-order valence-electron chi connectivity index (χ2n) is 7.44. The van der Waals surface area contributed by atoms with Crippen LogP contribution < -0.4 is 9.47 Å². The Morgan fingerprint density at radius 3 is 2.79 bits per heavy atom. The molecule has 4 heteroatoms. The summed E-state index contributed by atoms with van der Waals surface area (Å²) in [6.45, 7) is 0.244. The third-order valence-corrected chi connectivity index (χ3v) is 5.78. The summed E-state index contributed by atoms with van der Waals surface area (Å²) in [5.74, 6) is 1.53. The Morgan fingerprint density at radius 1 is 0.931 bits per heavy atom. The van der Waals surface area contributed by atoms with E-state index < -0.39 is 0 Å². The average molecular weight is 379 g/mol. The molecule has 1 aliphatic carbocycles. The molecule has 0 saturated carbocycles. The molecular weight excluding hydrogens is 362 g/mol. The lowest BCUT2D eigenvalue weighted by Crippen LogP contribution is -2.15. The fourth-order valence-corrected chi connectivity index (χ4v) is 4.37. The predicted molar refractivity (Wildman–Crippen MR) is 112 cm³/mol. The Bertz CT molecular complexity index is 1350. The van der Waals surface area contributed by atoms with Gasteiger partial charge >= 0.3 is 0 Å². The Morgan fingerprint density at radius 2 is 1.83 bits per heavy atom. The van der Waals surface area contributed by atoms with Gasteiger partial charge in [-0.05, 0) is 59.0 Å². The summed E-state index contributed by atoms with van der Waals surface area (Å²) in [6, 6.07) is 18.2. The summed E-state index contributed by atoms with van der Waals surface area (Å²) < 4.78 is 10.8. The van der Waals surface area contributed by atoms with Crippen molar-refractivity contribution in [3.8, 4) is 11.5 Å². The Labute approximate surface area is 167 Å². The first-order valence-corrected chi connectivity index (χ1v) is 9.72. The second kappa shape index (κ2) is 6.17. The molecule has 4 nitrogen and oxygen atoms in total. The Kier molecular flexibility index (Phi) is 3.47. The van der Waals surface area contributed by atoms with E-state index in [0.717, 1.165) is 50.9 Å². The first-order chi connectivity index (χ1) is 14.3. The molecule has 0 unspecified atom stereocenters. The van der Waals surface area contributed by atoms with Gasteiger partial charge in [0, 0.05) is 22.7 Å². The lowest BCUT2D eigenvalue weighted by Gasteiger charge is -2.20. The van der Waals surface area contributed by atoms with Gasteiger partial charge in [-0.15, -0.1) is 0 Å². The summed E-state index contributed by atoms with van der Waals surface area (Å²) in [5, 5.41) is 3.44. The summed E-state index contributed by atoms with van der Waals surface area (Å²) in [7, 11) is 0. The number of aryl methyl sites for hydroxylation is 1. The molecule has 4 aromatic rings. The van der Waals surface area contributed by atoms with Crippen LogP contribution in [-0.2, 0) is 6.42 Å². The first kappa shape index (κ1) is 16.3. The first-order valence-electron chi connectivity index (χ1n) is 9.72. The van der Waals surface area contributed by atoms with Gasteiger partial charge in [0.2, 0.25) is 6.79 Å². The molecule has 0 radical (unpaired) electrons. The smallest absolute Gasteiger partial charge is 0.231 e. The van der Waals surface area contributed by atoms with Crippen molar-refractivity contribution in [1.29, 1.82) is 0 Å². The fraction of sp³-hybridized carbons (Fsp3) is 0.120. The number of allylic oxidation sites excluding steroid dienone is 1. The zero-order valence-electron chi connectivity index (χ0n) is 15.6. The number of carbonyl (C=O) groups excluding carboxylic acids is 1. The standard InChI is InChI=1S/C25H17NO3/c27-25-17(11-15-5-10-22-23(12-15)29-14-28-22)6-8-19-20(25)13-26-21-9-7-16-3-1-2-4-18(16)24(19)21/h1-5,7,9-13H,6,8,14H2/b17-11+. The minimum atomic E-state index is 0.0613. The number of pyridine rings is 1. The van der Waals surface area contributed by atoms with Gasteiger partial charge in [-0.1, -0.05) is 36.4 Å². The Hall–Kier alpha value is -3.66. The molecule has 2 heterocycles. The highest BCUT2D eigenvalue weighted by molar-refractivity contribution is 6.17.